The third-order valence-electron chi connectivity index (χ3n) is 2.27. The van der Waals surface area contributed by atoms with E-state index in [-0.39, 0.29) is 12.0 Å². The SMILES string of the molecule is CCCOc1cc(CO)cc(C(C)(C)C)n1. The predicted octanol–water partition coefficient (Wildman–Crippen LogP) is 2.66. The third kappa shape index (κ3) is 3.49. The molecule has 0 atom stereocenters. The maximum Gasteiger partial charge on any atom is 0.213 e. The monoisotopic (exact) mass is 223 g/mol. The highest BCUT2D eigenvalue weighted by atomic mass is 16.5. The van der Waals surface area contributed by atoms with Crippen LogP contribution in [0.5, 0.6) is 5.88 Å². The molecular formula is C13H21NO2. The molecule has 0 amide bonds. The van der Waals surface area contributed by atoms with E-state index in [1.807, 2.05) is 6.07 Å². The standard InChI is InChI=1S/C13H21NO2/c1-5-6-16-12-8-10(9-15)7-11(14-12)13(2,3)4/h7-8,15H,5-6,9H2,1-4H3. The van der Waals surface area contributed by atoms with Crippen LogP contribution in [0.4, 0.5) is 0 Å². The summed E-state index contributed by atoms with van der Waals surface area (Å²) in [6.07, 6.45) is 0.954. The van der Waals surface area contributed by atoms with E-state index in [9.17, 15) is 5.11 Å². The molecule has 0 bridgehead atoms. The first-order chi connectivity index (χ1) is 7.47. The molecule has 90 valence electrons. The predicted molar refractivity (Wildman–Crippen MR) is 64.6 cm³/mol. The summed E-state index contributed by atoms with van der Waals surface area (Å²) in [6, 6.07) is 3.73. The summed E-state index contributed by atoms with van der Waals surface area (Å²) in [5, 5.41) is 9.19. The van der Waals surface area contributed by atoms with Gasteiger partial charge in [-0.2, -0.15) is 0 Å². The molecule has 0 aromatic carbocycles. The Balaban J connectivity index is 3.01. The molecule has 0 saturated carbocycles. The van der Waals surface area contributed by atoms with Gasteiger partial charge < -0.3 is 9.84 Å². The van der Waals surface area contributed by atoms with Gasteiger partial charge in [-0.05, 0) is 18.1 Å². The Bertz CT molecular complexity index is 342. The first kappa shape index (κ1) is 13.0. The average molecular weight is 223 g/mol. The van der Waals surface area contributed by atoms with Crippen LogP contribution in [0, 0.1) is 0 Å². The van der Waals surface area contributed by atoms with Crippen LogP contribution in [0.2, 0.25) is 0 Å². The van der Waals surface area contributed by atoms with E-state index in [1.54, 1.807) is 6.07 Å². The Morgan fingerprint density at radius 3 is 2.50 bits per heavy atom. The minimum Gasteiger partial charge on any atom is -0.478 e. The molecule has 0 fully saturated rings. The number of aromatic nitrogens is 1. The topological polar surface area (TPSA) is 42.4 Å². The summed E-state index contributed by atoms with van der Waals surface area (Å²) in [7, 11) is 0. The van der Waals surface area contributed by atoms with Crippen molar-refractivity contribution in [2.75, 3.05) is 6.61 Å². The lowest BCUT2D eigenvalue weighted by molar-refractivity contribution is 0.276. The number of hydrogen-bond acceptors (Lipinski definition) is 3. The normalized spacial score (nSPS) is 11.6. The number of pyridine rings is 1. The number of hydrogen-bond donors (Lipinski definition) is 1. The van der Waals surface area contributed by atoms with Gasteiger partial charge in [0.15, 0.2) is 0 Å². The molecule has 1 aromatic heterocycles. The van der Waals surface area contributed by atoms with Crippen LogP contribution in [-0.2, 0) is 12.0 Å². The zero-order valence-electron chi connectivity index (χ0n) is 10.6. The fourth-order valence-corrected chi connectivity index (χ4v) is 1.32. The van der Waals surface area contributed by atoms with E-state index in [4.69, 9.17) is 4.74 Å². The van der Waals surface area contributed by atoms with Crippen molar-refractivity contribution in [2.24, 2.45) is 0 Å². The molecule has 0 aliphatic heterocycles. The molecule has 0 saturated heterocycles. The van der Waals surface area contributed by atoms with Crippen LogP contribution in [0.1, 0.15) is 45.4 Å². The van der Waals surface area contributed by atoms with Gasteiger partial charge in [-0.25, -0.2) is 4.98 Å². The number of nitrogens with zero attached hydrogens (tertiary/aromatic N) is 1. The molecule has 3 heteroatoms. The zero-order chi connectivity index (χ0) is 12.2. The molecule has 3 nitrogen and oxygen atoms in total. The van der Waals surface area contributed by atoms with E-state index in [0.717, 1.165) is 17.7 Å². The minimum absolute atomic E-state index is 0.0219. The van der Waals surface area contributed by atoms with Crippen LogP contribution in [0.25, 0.3) is 0 Å². The molecule has 0 radical (unpaired) electrons. The van der Waals surface area contributed by atoms with Crippen LogP contribution < -0.4 is 4.74 Å². The van der Waals surface area contributed by atoms with Gasteiger partial charge in [-0.1, -0.05) is 27.7 Å². The number of ether oxygens (including phenoxy) is 1. The maximum atomic E-state index is 9.19. The molecule has 0 spiro atoms. The van der Waals surface area contributed by atoms with Crippen molar-refractivity contribution < 1.29 is 9.84 Å². The van der Waals surface area contributed by atoms with Crippen molar-refractivity contribution in [3.8, 4) is 5.88 Å². The molecular weight excluding hydrogens is 202 g/mol. The van der Waals surface area contributed by atoms with Crippen molar-refractivity contribution >= 4 is 0 Å². The van der Waals surface area contributed by atoms with Crippen molar-refractivity contribution in [1.29, 1.82) is 0 Å². The summed E-state index contributed by atoms with van der Waals surface area (Å²) < 4.78 is 5.51. The van der Waals surface area contributed by atoms with Gasteiger partial charge in [0.2, 0.25) is 5.88 Å². The zero-order valence-corrected chi connectivity index (χ0v) is 10.6. The molecule has 1 N–H and O–H groups in total. The number of aliphatic hydroxyl groups is 1. The summed E-state index contributed by atoms with van der Waals surface area (Å²) in [5.74, 6) is 0.610. The molecule has 0 aliphatic carbocycles. The van der Waals surface area contributed by atoms with Gasteiger partial charge in [-0.3, -0.25) is 0 Å². The molecule has 0 unspecified atom stereocenters. The van der Waals surface area contributed by atoms with Crippen molar-refractivity contribution in [3.63, 3.8) is 0 Å². The first-order valence-corrected chi connectivity index (χ1v) is 5.72. The van der Waals surface area contributed by atoms with Crippen LogP contribution >= 0.6 is 0 Å². The summed E-state index contributed by atoms with van der Waals surface area (Å²) in [4.78, 5) is 4.46. The van der Waals surface area contributed by atoms with Gasteiger partial charge in [-0.15, -0.1) is 0 Å². The van der Waals surface area contributed by atoms with Crippen LogP contribution in [0.15, 0.2) is 12.1 Å². The van der Waals surface area contributed by atoms with Crippen molar-refractivity contribution in [1.82, 2.24) is 4.98 Å². The second-order valence-corrected chi connectivity index (χ2v) is 4.96. The van der Waals surface area contributed by atoms with Gasteiger partial charge in [0, 0.05) is 11.5 Å². The molecule has 0 aliphatic rings. The summed E-state index contributed by atoms with van der Waals surface area (Å²) in [6.45, 7) is 9.03. The van der Waals surface area contributed by atoms with Gasteiger partial charge >= 0.3 is 0 Å². The Labute approximate surface area is 97.5 Å². The van der Waals surface area contributed by atoms with Gasteiger partial charge in [0.25, 0.3) is 0 Å². The molecule has 16 heavy (non-hydrogen) atoms. The van der Waals surface area contributed by atoms with E-state index in [0.29, 0.717) is 12.5 Å². The van der Waals surface area contributed by atoms with Gasteiger partial charge in [0.05, 0.1) is 18.9 Å². The smallest absolute Gasteiger partial charge is 0.213 e. The lowest BCUT2D eigenvalue weighted by Crippen LogP contribution is -2.15. The maximum absolute atomic E-state index is 9.19. The van der Waals surface area contributed by atoms with Crippen molar-refractivity contribution in [3.05, 3.63) is 23.4 Å². The molecule has 1 rings (SSSR count). The number of aliphatic hydroxyl groups excluding tert-OH is 1. The highest BCUT2D eigenvalue weighted by Crippen LogP contribution is 2.24. The average Bonchev–Trinajstić information content (AvgIpc) is 2.24. The second kappa shape index (κ2) is 5.30. The Morgan fingerprint density at radius 1 is 1.31 bits per heavy atom. The van der Waals surface area contributed by atoms with Gasteiger partial charge in [0.1, 0.15) is 0 Å². The molecule has 1 heterocycles. The largest absolute Gasteiger partial charge is 0.478 e. The fraction of sp³-hybridized carbons (Fsp3) is 0.615. The lowest BCUT2D eigenvalue weighted by atomic mass is 9.91. The summed E-state index contributed by atoms with van der Waals surface area (Å²) in [5.41, 5.74) is 1.77. The summed E-state index contributed by atoms with van der Waals surface area (Å²) >= 11 is 0. The fourth-order valence-electron chi connectivity index (χ4n) is 1.32. The quantitative estimate of drug-likeness (QED) is 0.853. The first-order valence-electron chi connectivity index (χ1n) is 5.72. The highest BCUT2D eigenvalue weighted by molar-refractivity contribution is 5.28. The van der Waals surface area contributed by atoms with E-state index < -0.39 is 0 Å². The Hall–Kier alpha value is -1.09. The number of rotatable bonds is 4. The van der Waals surface area contributed by atoms with E-state index in [2.05, 4.69) is 32.7 Å². The minimum atomic E-state index is -0.0322. The Morgan fingerprint density at radius 2 is 2.00 bits per heavy atom. The van der Waals surface area contributed by atoms with Crippen LogP contribution in [0.3, 0.4) is 0 Å². The lowest BCUT2D eigenvalue weighted by Gasteiger charge is -2.19. The highest BCUT2D eigenvalue weighted by Gasteiger charge is 2.17. The van der Waals surface area contributed by atoms with Crippen LogP contribution in [-0.4, -0.2) is 16.7 Å². The third-order valence-corrected chi connectivity index (χ3v) is 2.27. The molecule has 1 aromatic rings. The Kier molecular flexibility index (Phi) is 4.30. The van der Waals surface area contributed by atoms with E-state index >= 15 is 0 Å². The van der Waals surface area contributed by atoms with Crippen molar-refractivity contribution in [2.45, 2.75) is 46.1 Å². The second-order valence-electron chi connectivity index (χ2n) is 4.96. The van der Waals surface area contributed by atoms with E-state index in [1.165, 1.54) is 0 Å².